The SMILES string of the molecule is COc1ccc(NC(=O)/C(C#N)=C\NCc2ccccc2)cc1Cl. The fourth-order valence-corrected chi connectivity index (χ4v) is 2.22. The molecule has 0 radical (unpaired) electrons. The van der Waals surface area contributed by atoms with Crippen LogP contribution in [0, 0.1) is 11.3 Å². The van der Waals surface area contributed by atoms with Gasteiger partial charge in [0, 0.05) is 18.4 Å². The largest absolute Gasteiger partial charge is 0.495 e. The van der Waals surface area contributed by atoms with Crippen molar-refractivity contribution >= 4 is 23.2 Å². The van der Waals surface area contributed by atoms with Gasteiger partial charge in [-0.3, -0.25) is 4.79 Å². The van der Waals surface area contributed by atoms with Crippen molar-refractivity contribution in [2.24, 2.45) is 0 Å². The van der Waals surface area contributed by atoms with E-state index in [1.54, 1.807) is 18.2 Å². The van der Waals surface area contributed by atoms with Crippen molar-refractivity contribution in [3.05, 3.63) is 70.9 Å². The molecule has 5 nitrogen and oxygen atoms in total. The lowest BCUT2D eigenvalue weighted by Crippen LogP contribution is -2.16. The summed E-state index contributed by atoms with van der Waals surface area (Å²) in [5.41, 5.74) is 1.50. The maximum Gasteiger partial charge on any atom is 0.267 e. The first-order valence-corrected chi connectivity index (χ1v) is 7.54. The number of nitrogens with one attached hydrogen (secondary N) is 2. The molecule has 1 amide bonds. The van der Waals surface area contributed by atoms with Crippen LogP contribution in [0.4, 0.5) is 5.69 Å². The average Bonchev–Trinajstić information content (AvgIpc) is 2.59. The Kier molecular flexibility index (Phi) is 6.23. The van der Waals surface area contributed by atoms with Crippen LogP contribution in [-0.4, -0.2) is 13.0 Å². The second-order valence-corrected chi connectivity index (χ2v) is 5.25. The number of hydrogen-bond acceptors (Lipinski definition) is 4. The van der Waals surface area contributed by atoms with Gasteiger partial charge >= 0.3 is 0 Å². The zero-order valence-corrected chi connectivity index (χ0v) is 13.8. The molecule has 24 heavy (non-hydrogen) atoms. The third kappa shape index (κ3) is 4.77. The number of nitrogens with zero attached hydrogens (tertiary/aromatic N) is 1. The van der Waals surface area contributed by atoms with Gasteiger partial charge in [0.05, 0.1) is 12.1 Å². The zero-order valence-electron chi connectivity index (χ0n) is 13.0. The van der Waals surface area contributed by atoms with Crippen molar-refractivity contribution in [2.45, 2.75) is 6.54 Å². The second-order valence-electron chi connectivity index (χ2n) is 4.84. The van der Waals surface area contributed by atoms with Crippen molar-refractivity contribution in [1.82, 2.24) is 5.32 Å². The highest BCUT2D eigenvalue weighted by Crippen LogP contribution is 2.27. The Labute approximate surface area is 145 Å². The van der Waals surface area contributed by atoms with Gasteiger partial charge < -0.3 is 15.4 Å². The third-order valence-corrected chi connectivity index (χ3v) is 3.47. The van der Waals surface area contributed by atoms with E-state index in [9.17, 15) is 4.79 Å². The quantitative estimate of drug-likeness (QED) is 0.623. The lowest BCUT2D eigenvalue weighted by atomic mass is 10.2. The number of amides is 1. The predicted octanol–water partition coefficient (Wildman–Crippen LogP) is 3.48. The highest BCUT2D eigenvalue weighted by molar-refractivity contribution is 6.32. The number of carbonyl (C=O) groups excluding carboxylic acids is 1. The van der Waals surface area contributed by atoms with E-state index in [4.69, 9.17) is 21.6 Å². The molecule has 2 N–H and O–H groups in total. The minimum absolute atomic E-state index is 0.0297. The minimum Gasteiger partial charge on any atom is -0.495 e. The molecule has 0 saturated carbocycles. The summed E-state index contributed by atoms with van der Waals surface area (Å²) in [6.45, 7) is 0.521. The molecule has 2 aromatic carbocycles. The Hall–Kier alpha value is -2.97. The molecule has 122 valence electrons. The Morgan fingerprint density at radius 2 is 2.04 bits per heavy atom. The normalized spacial score (nSPS) is 10.6. The van der Waals surface area contributed by atoms with E-state index in [1.165, 1.54) is 13.3 Å². The summed E-state index contributed by atoms with van der Waals surface area (Å²) in [5.74, 6) is -0.00506. The number of nitriles is 1. The molecule has 0 aromatic heterocycles. The van der Waals surface area contributed by atoms with E-state index in [0.29, 0.717) is 23.0 Å². The van der Waals surface area contributed by atoms with Crippen LogP contribution in [0.15, 0.2) is 60.3 Å². The number of anilines is 1. The van der Waals surface area contributed by atoms with Gasteiger partial charge in [0.25, 0.3) is 5.91 Å². The number of carbonyl (C=O) groups is 1. The molecular weight excluding hydrogens is 326 g/mol. The zero-order chi connectivity index (χ0) is 17.4. The summed E-state index contributed by atoms with van der Waals surface area (Å²) < 4.78 is 5.05. The molecule has 0 spiro atoms. The van der Waals surface area contributed by atoms with Crippen molar-refractivity contribution in [1.29, 1.82) is 5.26 Å². The van der Waals surface area contributed by atoms with Crippen LogP contribution >= 0.6 is 11.6 Å². The maximum atomic E-state index is 12.1. The number of benzene rings is 2. The standard InChI is InChI=1S/C18H16ClN3O2/c1-24-17-8-7-15(9-16(17)19)22-18(23)14(10-20)12-21-11-13-5-3-2-4-6-13/h2-9,12,21H,11H2,1H3,(H,22,23)/b14-12-. The Morgan fingerprint density at radius 3 is 2.67 bits per heavy atom. The van der Waals surface area contributed by atoms with Crippen LogP contribution in [0.1, 0.15) is 5.56 Å². The van der Waals surface area contributed by atoms with Gasteiger partial charge in [-0.15, -0.1) is 0 Å². The molecule has 0 bridgehead atoms. The van der Waals surface area contributed by atoms with Crippen molar-refractivity contribution < 1.29 is 9.53 Å². The van der Waals surface area contributed by atoms with Gasteiger partial charge in [0.2, 0.25) is 0 Å². The summed E-state index contributed by atoms with van der Waals surface area (Å²) in [6, 6.07) is 16.4. The predicted molar refractivity (Wildman–Crippen MR) is 93.6 cm³/mol. The number of halogens is 1. The molecule has 0 atom stereocenters. The number of rotatable bonds is 6. The topological polar surface area (TPSA) is 74.1 Å². The van der Waals surface area contributed by atoms with E-state index >= 15 is 0 Å². The summed E-state index contributed by atoms with van der Waals surface area (Å²) >= 11 is 6.01. The fraction of sp³-hybridized carbons (Fsp3) is 0.111. The van der Waals surface area contributed by atoms with Gasteiger partial charge in [-0.25, -0.2) is 0 Å². The van der Waals surface area contributed by atoms with Crippen LogP contribution in [0.2, 0.25) is 5.02 Å². The molecule has 0 fully saturated rings. The molecule has 0 unspecified atom stereocenters. The first kappa shape index (κ1) is 17.4. The first-order valence-electron chi connectivity index (χ1n) is 7.16. The Bertz CT molecular complexity index is 783. The van der Waals surface area contributed by atoms with Gasteiger partial charge in [0.15, 0.2) is 0 Å². The summed E-state index contributed by atoms with van der Waals surface area (Å²) in [5, 5.41) is 15.1. The van der Waals surface area contributed by atoms with Crippen molar-refractivity contribution in [3.63, 3.8) is 0 Å². The Balaban J connectivity index is 1.99. The van der Waals surface area contributed by atoms with Crippen LogP contribution in [0.3, 0.4) is 0 Å². The Morgan fingerprint density at radius 1 is 1.29 bits per heavy atom. The molecule has 2 aromatic rings. The monoisotopic (exact) mass is 341 g/mol. The highest BCUT2D eigenvalue weighted by atomic mass is 35.5. The van der Waals surface area contributed by atoms with Gasteiger partial charge in [-0.05, 0) is 23.8 Å². The molecule has 0 saturated heterocycles. The molecule has 2 rings (SSSR count). The van der Waals surface area contributed by atoms with Crippen LogP contribution in [-0.2, 0) is 11.3 Å². The minimum atomic E-state index is -0.515. The van der Waals surface area contributed by atoms with Gasteiger partial charge in [-0.1, -0.05) is 41.9 Å². The van der Waals surface area contributed by atoms with E-state index in [-0.39, 0.29) is 5.57 Å². The van der Waals surface area contributed by atoms with Gasteiger partial charge in [-0.2, -0.15) is 5.26 Å². The van der Waals surface area contributed by atoms with Crippen molar-refractivity contribution in [2.75, 3.05) is 12.4 Å². The maximum absolute atomic E-state index is 12.1. The van der Waals surface area contributed by atoms with Crippen molar-refractivity contribution in [3.8, 4) is 11.8 Å². The average molecular weight is 342 g/mol. The molecule has 0 aliphatic heterocycles. The van der Waals surface area contributed by atoms with Crippen LogP contribution < -0.4 is 15.4 Å². The first-order chi connectivity index (χ1) is 11.6. The molecule has 0 heterocycles. The summed E-state index contributed by atoms with van der Waals surface area (Å²) in [6.07, 6.45) is 1.40. The van der Waals surface area contributed by atoms with Crippen LogP contribution in [0.25, 0.3) is 0 Å². The number of ether oxygens (including phenoxy) is 1. The fourth-order valence-electron chi connectivity index (χ4n) is 1.96. The second kappa shape index (κ2) is 8.61. The number of methoxy groups -OCH3 is 1. The summed E-state index contributed by atoms with van der Waals surface area (Å²) in [4.78, 5) is 12.1. The third-order valence-electron chi connectivity index (χ3n) is 3.17. The summed E-state index contributed by atoms with van der Waals surface area (Å²) in [7, 11) is 1.51. The highest BCUT2D eigenvalue weighted by Gasteiger charge is 2.10. The van der Waals surface area contributed by atoms with E-state index in [1.807, 2.05) is 36.4 Å². The van der Waals surface area contributed by atoms with E-state index < -0.39 is 5.91 Å². The molecule has 6 heteroatoms. The molecule has 0 aliphatic carbocycles. The van der Waals surface area contributed by atoms with Gasteiger partial charge in [0.1, 0.15) is 17.4 Å². The molecular formula is C18H16ClN3O2. The van der Waals surface area contributed by atoms with E-state index in [2.05, 4.69) is 10.6 Å². The lowest BCUT2D eigenvalue weighted by Gasteiger charge is -2.08. The van der Waals surface area contributed by atoms with E-state index in [0.717, 1.165) is 5.56 Å². The van der Waals surface area contributed by atoms with Crippen LogP contribution in [0.5, 0.6) is 5.75 Å². The number of hydrogen-bond donors (Lipinski definition) is 2. The smallest absolute Gasteiger partial charge is 0.267 e. The molecule has 0 aliphatic rings. The lowest BCUT2D eigenvalue weighted by molar-refractivity contribution is -0.112.